The number of benzene rings is 1. The van der Waals surface area contributed by atoms with Crippen LogP contribution < -0.4 is 4.90 Å². The van der Waals surface area contributed by atoms with Crippen molar-refractivity contribution in [3.8, 4) is 0 Å². The third-order valence-corrected chi connectivity index (χ3v) is 3.72. The molecule has 0 saturated carbocycles. The zero-order chi connectivity index (χ0) is 12.6. The van der Waals surface area contributed by atoms with E-state index < -0.39 is 0 Å². The zero-order valence-electron chi connectivity index (χ0n) is 9.54. The maximum absolute atomic E-state index is 11.9. The van der Waals surface area contributed by atoms with E-state index >= 15 is 0 Å². The second kappa shape index (κ2) is 4.71. The fraction of sp³-hybridized carbons (Fsp3) is 0.308. The highest BCUT2D eigenvalue weighted by atomic mass is 35.5. The third kappa shape index (κ3) is 2.33. The van der Waals surface area contributed by atoms with E-state index in [1.807, 2.05) is 19.1 Å². The lowest BCUT2D eigenvalue weighted by Gasteiger charge is -2.19. The molecule has 1 aliphatic heterocycles. The van der Waals surface area contributed by atoms with Gasteiger partial charge in [-0.3, -0.25) is 4.79 Å². The van der Waals surface area contributed by atoms with Gasteiger partial charge >= 0.3 is 0 Å². The first-order valence-electron chi connectivity index (χ1n) is 5.41. The molecule has 1 aromatic rings. The molecular formula is C13H13Cl2NO. The van der Waals surface area contributed by atoms with Gasteiger partial charge in [0.2, 0.25) is 5.91 Å². The van der Waals surface area contributed by atoms with Crippen molar-refractivity contribution in [2.24, 2.45) is 5.92 Å². The molecule has 1 amide bonds. The number of nitrogens with zero attached hydrogens (tertiary/aromatic N) is 1. The molecule has 0 spiro atoms. The number of halogens is 2. The van der Waals surface area contributed by atoms with Gasteiger partial charge in [-0.1, -0.05) is 29.3 Å². The van der Waals surface area contributed by atoms with Crippen LogP contribution in [0.5, 0.6) is 0 Å². The first-order valence-corrected chi connectivity index (χ1v) is 6.17. The highest BCUT2D eigenvalue weighted by Crippen LogP contribution is 2.35. The number of carbonyl (C=O) groups excluding carboxylic acids is 1. The predicted octanol–water partition coefficient (Wildman–Crippen LogP) is 3.84. The molecule has 1 saturated heterocycles. The van der Waals surface area contributed by atoms with Crippen LogP contribution in [0.3, 0.4) is 0 Å². The van der Waals surface area contributed by atoms with Gasteiger partial charge in [-0.15, -0.1) is 6.58 Å². The number of carbonyl (C=O) groups is 1. The minimum Gasteiger partial charge on any atom is -0.310 e. The number of amides is 1. The molecule has 0 radical (unpaired) electrons. The highest BCUT2D eigenvalue weighted by Gasteiger charge is 2.30. The molecule has 1 fully saturated rings. The molecule has 0 aliphatic carbocycles. The molecule has 1 aliphatic rings. The van der Waals surface area contributed by atoms with Gasteiger partial charge in [0.1, 0.15) is 0 Å². The fourth-order valence-corrected chi connectivity index (χ4v) is 2.46. The molecule has 2 rings (SSSR count). The van der Waals surface area contributed by atoms with Crippen LogP contribution in [0.4, 0.5) is 5.69 Å². The molecule has 17 heavy (non-hydrogen) atoms. The van der Waals surface area contributed by atoms with Gasteiger partial charge in [0.15, 0.2) is 0 Å². The average Bonchev–Trinajstić information content (AvgIpc) is 2.65. The van der Waals surface area contributed by atoms with E-state index in [-0.39, 0.29) is 11.8 Å². The van der Waals surface area contributed by atoms with E-state index in [9.17, 15) is 4.79 Å². The lowest BCUT2D eigenvalue weighted by atomic mass is 10.1. The summed E-state index contributed by atoms with van der Waals surface area (Å²) in [6, 6.07) is 3.54. The Morgan fingerprint density at radius 3 is 2.71 bits per heavy atom. The van der Waals surface area contributed by atoms with Crippen molar-refractivity contribution in [3.05, 3.63) is 40.4 Å². The summed E-state index contributed by atoms with van der Waals surface area (Å²) in [5.41, 5.74) is 1.66. The minimum absolute atomic E-state index is 0.0820. The molecule has 1 aromatic carbocycles. The Balaban J connectivity index is 2.38. The second-order valence-electron chi connectivity index (χ2n) is 4.26. The smallest absolute Gasteiger partial charge is 0.227 e. The van der Waals surface area contributed by atoms with Gasteiger partial charge in [-0.25, -0.2) is 0 Å². The molecule has 0 aromatic heterocycles. The number of hydrogen-bond acceptors (Lipinski definition) is 1. The monoisotopic (exact) mass is 269 g/mol. The number of rotatable bonds is 2. The molecule has 2 nitrogen and oxygen atoms in total. The summed E-state index contributed by atoms with van der Waals surface area (Å²) >= 11 is 12.1. The lowest BCUT2D eigenvalue weighted by Crippen LogP contribution is -2.24. The standard InChI is InChI=1S/C13H13Cl2NO/c1-3-9-5-13(17)16(7-9)12-4-8(2)10(14)6-11(12)15/h3-4,6,9H,1,5,7H2,2H3. The van der Waals surface area contributed by atoms with Gasteiger partial charge in [-0.2, -0.15) is 0 Å². The summed E-state index contributed by atoms with van der Waals surface area (Å²) in [5.74, 6) is 0.285. The van der Waals surface area contributed by atoms with E-state index in [1.54, 1.807) is 11.0 Å². The van der Waals surface area contributed by atoms with Crippen LogP contribution in [-0.2, 0) is 4.79 Å². The van der Waals surface area contributed by atoms with Crippen molar-refractivity contribution >= 4 is 34.8 Å². The van der Waals surface area contributed by atoms with Crippen LogP contribution in [0.1, 0.15) is 12.0 Å². The van der Waals surface area contributed by atoms with Crippen LogP contribution in [0.15, 0.2) is 24.8 Å². The van der Waals surface area contributed by atoms with Crippen molar-refractivity contribution in [2.45, 2.75) is 13.3 Å². The SMILES string of the molecule is C=CC1CC(=O)N(c2cc(C)c(Cl)cc2Cl)C1. The van der Waals surface area contributed by atoms with Gasteiger partial charge in [-0.05, 0) is 24.6 Å². The number of aryl methyl sites for hydroxylation is 1. The van der Waals surface area contributed by atoms with Crippen molar-refractivity contribution in [1.29, 1.82) is 0 Å². The first kappa shape index (κ1) is 12.5. The van der Waals surface area contributed by atoms with Gasteiger partial charge in [0.25, 0.3) is 0 Å². The van der Waals surface area contributed by atoms with Crippen molar-refractivity contribution in [3.63, 3.8) is 0 Å². The van der Waals surface area contributed by atoms with Crippen LogP contribution in [0, 0.1) is 12.8 Å². The summed E-state index contributed by atoms with van der Waals surface area (Å²) in [4.78, 5) is 13.6. The predicted molar refractivity (Wildman–Crippen MR) is 71.9 cm³/mol. The summed E-state index contributed by atoms with van der Waals surface area (Å²) in [5, 5.41) is 1.13. The normalized spacial score (nSPS) is 19.8. The first-order chi connectivity index (χ1) is 8.02. The molecule has 0 N–H and O–H groups in total. The quantitative estimate of drug-likeness (QED) is 0.748. The largest absolute Gasteiger partial charge is 0.310 e. The third-order valence-electron chi connectivity index (χ3n) is 3.01. The van der Waals surface area contributed by atoms with Gasteiger partial charge in [0, 0.05) is 23.9 Å². The van der Waals surface area contributed by atoms with E-state index in [0.29, 0.717) is 23.0 Å². The average molecular weight is 270 g/mol. The summed E-state index contributed by atoms with van der Waals surface area (Å²) in [6.07, 6.45) is 2.32. The topological polar surface area (TPSA) is 20.3 Å². The minimum atomic E-state index is 0.0820. The van der Waals surface area contributed by atoms with Gasteiger partial charge in [0.05, 0.1) is 10.7 Å². The van der Waals surface area contributed by atoms with Crippen molar-refractivity contribution in [1.82, 2.24) is 0 Å². The summed E-state index contributed by atoms with van der Waals surface area (Å²) in [6.45, 7) is 6.26. The Morgan fingerprint density at radius 2 is 2.12 bits per heavy atom. The Bertz CT molecular complexity index is 485. The molecule has 1 atom stereocenters. The highest BCUT2D eigenvalue weighted by molar-refractivity contribution is 6.37. The Kier molecular flexibility index (Phi) is 3.45. The maximum atomic E-state index is 11.9. The summed E-state index contributed by atoms with van der Waals surface area (Å²) in [7, 11) is 0. The molecule has 90 valence electrons. The molecule has 1 unspecified atom stereocenters. The van der Waals surface area contributed by atoms with Crippen LogP contribution in [0.2, 0.25) is 10.0 Å². The second-order valence-corrected chi connectivity index (χ2v) is 5.07. The maximum Gasteiger partial charge on any atom is 0.227 e. The van der Waals surface area contributed by atoms with Crippen LogP contribution in [0.25, 0.3) is 0 Å². The lowest BCUT2D eigenvalue weighted by molar-refractivity contribution is -0.117. The molecule has 1 heterocycles. The fourth-order valence-electron chi connectivity index (χ4n) is 1.97. The van der Waals surface area contributed by atoms with E-state index in [4.69, 9.17) is 23.2 Å². The van der Waals surface area contributed by atoms with Gasteiger partial charge < -0.3 is 4.90 Å². The number of anilines is 1. The van der Waals surface area contributed by atoms with Crippen molar-refractivity contribution in [2.75, 3.05) is 11.4 Å². The van der Waals surface area contributed by atoms with E-state index in [0.717, 1.165) is 11.3 Å². The van der Waals surface area contributed by atoms with Crippen LogP contribution >= 0.6 is 23.2 Å². The van der Waals surface area contributed by atoms with E-state index in [1.165, 1.54) is 0 Å². The zero-order valence-corrected chi connectivity index (χ0v) is 11.1. The Morgan fingerprint density at radius 1 is 1.41 bits per heavy atom. The number of hydrogen-bond donors (Lipinski definition) is 0. The van der Waals surface area contributed by atoms with Crippen molar-refractivity contribution < 1.29 is 4.79 Å². The van der Waals surface area contributed by atoms with E-state index in [2.05, 4.69) is 6.58 Å². The Hall–Kier alpha value is -0.990. The Labute approximate surface area is 111 Å². The molecular weight excluding hydrogens is 257 g/mol. The molecule has 4 heteroatoms. The molecule has 0 bridgehead atoms. The summed E-state index contributed by atoms with van der Waals surface area (Å²) < 4.78 is 0. The van der Waals surface area contributed by atoms with Crippen LogP contribution in [-0.4, -0.2) is 12.5 Å².